The molecule has 1 aromatic carbocycles. The van der Waals surface area contributed by atoms with Gasteiger partial charge in [-0.15, -0.1) is 0 Å². The average Bonchev–Trinajstić information content (AvgIpc) is 2.46. The molecule has 2 heterocycles. The van der Waals surface area contributed by atoms with E-state index in [-0.39, 0.29) is 5.82 Å². The van der Waals surface area contributed by atoms with Gasteiger partial charge in [0.2, 0.25) is 0 Å². The van der Waals surface area contributed by atoms with E-state index in [1.807, 2.05) is 18.5 Å². The number of nitrogens with zero attached hydrogens (tertiary/aromatic N) is 2. The first-order valence-corrected chi connectivity index (χ1v) is 6.70. The van der Waals surface area contributed by atoms with E-state index in [2.05, 4.69) is 22.0 Å². The molecule has 1 aliphatic heterocycles. The zero-order chi connectivity index (χ0) is 13.1. The maximum atomic E-state index is 13.2. The van der Waals surface area contributed by atoms with Crippen molar-refractivity contribution < 1.29 is 4.39 Å². The molecule has 0 radical (unpaired) electrons. The van der Waals surface area contributed by atoms with Crippen molar-refractivity contribution in [1.29, 1.82) is 0 Å². The highest BCUT2D eigenvalue weighted by molar-refractivity contribution is 5.30. The Balaban J connectivity index is 1.62. The van der Waals surface area contributed by atoms with E-state index in [4.69, 9.17) is 0 Å². The highest BCUT2D eigenvalue weighted by Crippen LogP contribution is 2.20. The number of rotatable bonds is 3. The minimum atomic E-state index is -0.130. The lowest BCUT2D eigenvalue weighted by Crippen LogP contribution is -2.32. The molecule has 0 saturated heterocycles. The molecule has 0 bridgehead atoms. The third-order valence-corrected chi connectivity index (χ3v) is 3.73. The van der Waals surface area contributed by atoms with Crippen LogP contribution in [0.15, 0.2) is 42.7 Å². The van der Waals surface area contributed by atoms with E-state index in [0.29, 0.717) is 0 Å². The Morgan fingerprint density at radius 1 is 1.11 bits per heavy atom. The van der Waals surface area contributed by atoms with Gasteiger partial charge in [-0.3, -0.25) is 9.88 Å². The van der Waals surface area contributed by atoms with Gasteiger partial charge in [0.05, 0.1) is 0 Å². The minimum Gasteiger partial charge on any atom is -0.298 e. The summed E-state index contributed by atoms with van der Waals surface area (Å²) in [5, 5.41) is 0. The topological polar surface area (TPSA) is 16.1 Å². The van der Waals surface area contributed by atoms with Crippen LogP contribution in [0.3, 0.4) is 0 Å². The summed E-state index contributed by atoms with van der Waals surface area (Å²) in [4.78, 5) is 6.42. The first-order valence-electron chi connectivity index (χ1n) is 6.70. The number of aromatic nitrogens is 1. The zero-order valence-corrected chi connectivity index (χ0v) is 10.8. The van der Waals surface area contributed by atoms with Gasteiger partial charge in [0, 0.05) is 32.0 Å². The molecule has 3 rings (SSSR count). The van der Waals surface area contributed by atoms with Gasteiger partial charge < -0.3 is 0 Å². The van der Waals surface area contributed by atoms with Crippen LogP contribution in [0.4, 0.5) is 4.39 Å². The Morgan fingerprint density at radius 3 is 2.79 bits per heavy atom. The third-order valence-electron chi connectivity index (χ3n) is 3.73. The van der Waals surface area contributed by atoms with E-state index in [1.54, 1.807) is 12.1 Å². The molecule has 2 aromatic rings. The van der Waals surface area contributed by atoms with E-state index < -0.39 is 0 Å². The summed E-state index contributed by atoms with van der Waals surface area (Å²) < 4.78 is 13.2. The first kappa shape index (κ1) is 12.3. The van der Waals surface area contributed by atoms with Gasteiger partial charge in [-0.1, -0.05) is 6.07 Å². The smallest absolute Gasteiger partial charge is 0.123 e. The monoisotopic (exact) mass is 256 g/mol. The second-order valence-electron chi connectivity index (χ2n) is 5.04. The lowest BCUT2D eigenvalue weighted by molar-refractivity contribution is 0.257. The number of pyridine rings is 1. The first-order chi connectivity index (χ1) is 9.31. The van der Waals surface area contributed by atoms with Crippen molar-refractivity contribution in [1.82, 2.24) is 9.88 Å². The van der Waals surface area contributed by atoms with Gasteiger partial charge in [0.15, 0.2) is 0 Å². The van der Waals surface area contributed by atoms with Crippen molar-refractivity contribution in [3.63, 3.8) is 0 Å². The molecule has 1 aromatic heterocycles. The Bertz CT molecular complexity index is 554. The molecule has 0 atom stereocenters. The predicted molar refractivity (Wildman–Crippen MR) is 73.3 cm³/mol. The molecule has 1 aliphatic rings. The fraction of sp³-hybridized carbons (Fsp3) is 0.312. The highest BCUT2D eigenvalue weighted by Gasteiger charge is 2.16. The van der Waals surface area contributed by atoms with Crippen LogP contribution in [-0.4, -0.2) is 23.0 Å². The average molecular weight is 256 g/mol. The Labute approximate surface area is 112 Å². The SMILES string of the molecule is Fc1ccc2c(c1)CN(CCc1ccncc1)CC2. The second-order valence-corrected chi connectivity index (χ2v) is 5.04. The summed E-state index contributed by atoms with van der Waals surface area (Å²) in [5.41, 5.74) is 3.74. The maximum absolute atomic E-state index is 13.2. The Morgan fingerprint density at radius 2 is 1.95 bits per heavy atom. The van der Waals surface area contributed by atoms with Crippen molar-refractivity contribution in [2.75, 3.05) is 13.1 Å². The van der Waals surface area contributed by atoms with Crippen LogP contribution in [-0.2, 0) is 19.4 Å². The molecule has 0 spiro atoms. The fourth-order valence-corrected chi connectivity index (χ4v) is 2.61. The van der Waals surface area contributed by atoms with E-state index >= 15 is 0 Å². The van der Waals surface area contributed by atoms with E-state index in [1.165, 1.54) is 11.1 Å². The van der Waals surface area contributed by atoms with Gasteiger partial charge in [-0.25, -0.2) is 4.39 Å². The molecule has 0 N–H and O–H groups in total. The van der Waals surface area contributed by atoms with Crippen molar-refractivity contribution >= 4 is 0 Å². The summed E-state index contributed by atoms with van der Waals surface area (Å²) in [6.45, 7) is 2.93. The quantitative estimate of drug-likeness (QED) is 0.839. The lowest BCUT2D eigenvalue weighted by Gasteiger charge is -2.28. The molecular weight excluding hydrogens is 239 g/mol. The molecule has 2 nitrogen and oxygen atoms in total. The van der Waals surface area contributed by atoms with Crippen LogP contribution < -0.4 is 0 Å². The standard InChI is InChI=1S/C16H17FN2/c17-16-2-1-14-6-10-19(12-15(14)11-16)9-5-13-3-7-18-8-4-13/h1-4,7-8,11H,5-6,9-10,12H2. The highest BCUT2D eigenvalue weighted by atomic mass is 19.1. The summed E-state index contributed by atoms with van der Waals surface area (Å²) in [6.07, 6.45) is 5.70. The summed E-state index contributed by atoms with van der Waals surface area (Å²) >= 11 is 0. The van der Waals surface area contributed by atoms with Crippen LogP contribution in [0.25, 0.3) is 0 Å². The number of fused-ring (bicyclic) bond motifs is 1. The van der Waals surface area contributed by atoms with E-state index in [9.17, 15) is 4.39 Å². The molecular formula is C16H17FN2. The summed E-state index contributed by atoms with van der Waals surface area (Å²) in [7, 11) is 0. The molecule has 0 aliphatic carbocycles. The third kappa shape index (κ3) is 2.99. The molecule has 0 unspecified atom stereocenters. The predicted octanol–water partition coefficient (Wildman–Crippen LogP) is 2.82. The van der Waals surface area contributed by atoms with Gasteiger partial charge in [-0.05, 0) is 53.8 Å². The molecule has 3 heteroatoms. The Hall–Kier alpha value is -1.74. The van der Waals surface area contributed by atoms with Crippen LogP contribution in [0.5, 0.6) is 0 Å². The van der Waals surface area contributed by atoms with Crippen molar-refractivity contribution in [2.24, 2.45) is 0 Å². The zero-order valence-electron chi connectivity index (χ0n) is 10.8. The maximum Gasteiger partial charge on any atom is 0.123 e. The molecule has 0 amide bonds. The molecule has 98 valence electrons. The number of hydrogen-bond acceptors (Lipinski definition) is 2. The normalized spacial score (nSPS) is 15.2. The van der Waals surface area contributed by atoms with Crippen LogP contribution in [0, 0.1) is 5.82 Å². The summed E-state index contributed by atoms with van der Waals surface area (Å²) in [6, 6.07) is 9.26. The van der Waals surface area contributed by atoms with Gasteiger partial charge >= 0.3 is 0 Å². The Kier molecular flexibility index (Phi) is 3.56. The van der Waals surface area contributed by atoms with Gasteiger partial charge in [0.1, 0.15) is 5.82 Å². The lowest BCUT2D eigenvalue weighted by atomic mass is 9.99. The molecule has 19 heavy (non-hydrogen) atoms. The summed E-state index contributed by atoms with van der Waals surface area (Å²) in [5.74, 6) is -0.130. The molecule has 0 fully saturated rings. The largest absolute Gasteiger partial charge is 0.298 e. The fourth-order valence-electron chi connectivity index (χ4n) is 2.61. The van der Waals surface area contributed by atoms with Crippen LogP contribution >= 0.6 is 0 Å². The van der Waals surface area contributed by atoms with E-state index in [0.717, 1.165) is 38.0 Å². The molecule has 0 saturated carbocycles. The number of halogens is 1. The van der Waals surface area contributed by atoms with Crippen molar-refractivity contribution in [3.8, 4) is 0 Å². The van der Waals surface area contributed by atoms with Gasteiger partial charge in [-0.2, -0.15) is 0 Å². The van der Waals surface area contributed by atoms with Crippen LogP contribution in [0.1, 0.15) is 16.7 Å². The van der Waals surface area contributed by atoms with Crippen molar-refractivity contribution in [2.45, 2.75) is 19.4 Å². The van der Waals surface area contributed by atoms with Crippen LogP contribution in [0.2, 0.25) is 0 Å². The van der Waals surface area contributed by atoms with Gasteiger partial charge in [0.25, 0.3) is 0 Å². The number of hydrogen-bond donors (Lipinski definition) is 0. The number of benzene rings is 1. The minimum absolute atomic E-state index is 0.130. The second kappa shape index (κ2) is 5.49. The van der Waals surface area contributed by atoms with Crippen molar-refractivity contribution in [3.05, 3.63) is 65.2 Å².